The van der Waals surface area contributed by atoms with Gasteiger partial charge in [-0.2, -0.15) is 0 Å². The first kappa shape index (κ1) is 11.5. The van der Waals surface area contributed by atoms with Gasteiger partial charge >= 0.3 is 0 Å². The number of pyridine rings is 1. The lowest BCUT2D eigenvalue weighted by atomic mass is 10.1. The molecule has 78 valence electrons. The van der Waals surface area contributed by atoms with Crippen molar-refractivity contribution in [2.75, 3.05) is 7.11 Å². The molecule has 0 N–H and O–H groups in total. The zero-order valence-electron chi connectivity index (χ0n) is 8.88. The molecule has 0 aliphatic carbocycles. The molecule has 1 aromatic heterocycles. The topological polar surface area (TPSA) is 22.1 Å². The number of halogens is 1. The van der Waals surface area contributed by atoms with Crippen LogP contribution in [-0.2, 0) is 6.42 Å². The van der Waals surface area contributed by atoms with Crippen molar-refractivity contribution in [1.82, 2.24) is 4.98 Å². The number of nitrogens with zero attached hydrogens (tertiary/aromatic N) is 1. The highest BCUT2D eigenvalue weighted by molar-refractivity contribution is 9.10. The number of aryl methyl sites for hydroxylation is 1. The molecule has 2 nitrogen and oxygen atoms in total. The summed E-state index contributed by atoms with van der Waals surface area (Å²) in [5.74, 6) is 1.39. The van der Waals surface area contributed by atoms with Crippen LogP contribution in [0.25, 0.3) is 0 Å². The second kappa shape index (κ2) is 5.35. The minimum absolute atomic E-state index is 0.687. The fourth-order valence-electron chi connectivity index (χ4n) is 1.18. The van der Waals surface area contributed by atoms with E-state index in [1.807, 2.05) is 12.1 Å². The molecule has 14 heavy (non-hydrogen) atoms. The molecular weight excluding hydrogens is 242 g/mol. The molecule has 1 aromatic rings. The highest BCUT2D eigenvalue weighted by atomic mass is 79.9. The normalized spacial score (nSPS) is 10.6. The van der Waals surface area contributed by atoms with Crippen LogP contribution in [-0.4, -0.2) is 12.1 Å². The van der Waals surface area contributed by atoms with Gasteiger partial charge in [-0.05, 0) is 40.8 Å². The standard InChI is InChI=1S/C11H16BrNO/c1-8(2)4-6-10-9(12)5-7-11(13-10)14-3/h5,7-8H,4,6H2,1-3H3. The number of aromatic nitrogens is 1. The van der Waals surface area contributed by atoms with Crippen molar-refractivity contribution in [1.29, 1.82) is 0 Å². The summed E-state index contributed by atoms with van der Waals surface area (Å²) in [5.41, 5.74) is 1.08. The van der Waals surface area contributed by atoms with E-state index >= 15 is 0 Å². The quantitative estimate of drug-likeness (QED) is 0.825. The van der Waals surface area contributed by atoms with Crippen LogP contribution in [0.15, 0.2) is 16.6 Å². The summed E-state index contributed by atoms with van der Waals surface area (Å²) in [6.07, 6.45) is 2.15. The van der Waals surface area contributed by atoms with Gasteiger partial charge < -0.3 is 4.74 Å². The molecule has 0 saturated carbocycles. The van der Waals surface area contributed by atoms with E-state index in [1.54, 1.807) is 7.11 Å². The van der Waals surface area contributed by atoms with Crippen molar-refractivity contribution in [2.24, 2.45) is 5.92 Å². The first-order valence-corrected chi connectivity index (χ1v) is 5.62. The molecule has 0 amide bonds. The third-order valence-corrected chi connectivity index (χ3v) is 2.78. The maximum Gasteiger partial charge on any atom is 0.213 e. The van der Waals surface area contributed by atoms with Crippen LogP contribution >= 0.6 is 15.9 Å². The second-order valence-electron chi connectivity index (χ2n) is 3.71. The van der Waals surface area contributed by atoms with Crippen LogP contribution in [0.4, 0.5) is 0 Å². The maximum absolute atomic E-state index is 5.08. The Labute approximate surface area is 93.8 Å². The van der Waals surface area contributed by atoms with Crippen LogP contribution in [0.3, 0.4) is 0 Å². The van der Waals surface area contributed by atoms with Crippen molar-refractivity contribution >= 4 is 15.9 Å². The molecule has 1 heterocycles. The average molecular weight is 258 g/mol. The molecule has 0 unspecified atom stereocenters. The van der Waals surface area contributed by atoms with E-state index in [-0.39, 0.29) is 0 Å². The number of rotatable bonds is 4. The third-order valence-electron chi connectivity index (χ3n) is 2.06. The van der Waals surface area contributed by atoms with Gasteiger partial charge in [-0.15, -0.1) is 0 Å². The van der Waals surface area contributed by atoms with Crippen LogP contribution in [0.1, 0.15) is 26.0 Å². The summed E-state index contributed by atoms with van der Waals surface area (Å²) in [4.78, 5) is 4.39. The molecule has 0 aromatic carbocycles. The van der Waals surface area contributed by atoms with Crippen LogP contribution in [0, 0.1) is 5.92 Å². The van der Waals surface area contributed by atoms with Crippen LogP contribution < -0.4 is 4.74 Å². The molecule has 1 rings (SSSR count). The number of hydrogen-bond donors (Lipinski definition) is 0. The third kappa shape index (κ3) is 3.29. The number of methoxy groups -OCH3 is 1. The van der Waals surface area contributed by atoms with Gasteiger partial charge in [-0.25, -0.2) is 4.98 Å². The van der Waals surface area contributed by atoms with Crippen molar-refractivity contribution < 1.29 is 4.74 Å². The molecule has 0 saturated heterocycles. The Hall–Kier alpha value is -0.570. The van der Waals surface area contributed by atoms with Gasteiger partial charge in [-0.1, -0.05) is 13.8 Å². The minimum atomic E-state index is 0.687. The monoisotopic (exact) mass is 257 g/mol. The van der Waals surface area contributed by atoms with Gasteiger partial charge in [0.15, 0.2) is 0 Å². The minimum Gasteiger partial charge on any atom is -0.481 e. The molecule has 0 aliphatic rings. The van der Waals surface area contributed by atoms with Crippen LogP contribution in [0.2, 0.25) is 0 Å². The zero-order valence-corrected chi connectivity index (χ0v) is 10.5. The van der Waals surface area contributed by atoms with Crippen molar-refractivity contribution in [3.63, 3.8) is 0 Å². The van der Waals surface area contributed by atoms with Crippen molar-refractivity contribution in [2.45, 2.75) is 26.7 Å². The van der Waals surface area contributed by atoms with E-state index in [4.69, 9.17) is 4.74 Å². The first-order chi connectivity index (χ1) is 6.63. The lowest BCUT2D eigenvalue weighted by molar-refractivity contribution is 0.395. The number of ether oxygens (including phenoxy) is 1. The van der Waals surface area contributed by atoms with Gasteiger partial charge in [0.2, 0.25) is 5.88 Å². The maximum atomic E-state index is 5.08. The summed E-state index contributed by atoms with van der Waals surface area (Å²) in [5, 5.41) is 0. The SMILES string of the molecule is COc1ccc(Br)c(CCC(C)C)n1. The van der Waals surface area contributed by atoms with Gasteiger partial charge in [0.1, 0.15) is 0 Å². The predicted octanol–water partition coefficient (Wildman–Crippen LogP) is 3.44. The van der Waals surface area contributed by atoms with Gasteiger partial charge in [-0.3, -0.25) is 0 Å². The fourth-order valence-corrected chi connectivity index (χ4v) is 1.60. The van der Waals surface area contributed by atoms with E-state index in [1.165, 1.54) is 0 Å². The largest absolute Gasteiger partial charge is 0.481 e. The summed E-state index contributed by atoms with van der Waals surface area (Å²) in [6.45, 7) is 4.43. The predicted molar refractivity (Wildman–Crippen MR) is 61.6 cm³/mol. The van der Waals surface area contributed by atoms with E-state index in [2.05, 4.69) is 34.8 Å². The summed E-state index contributed by atoms with van der Waals surface area (Å²) < 4.78 is 6.15. The Balaban J connectivity index is 2.73. The lowest BCUT2D eigenvalue weighted by Gasteiger charge is -2.07. The molecule has 0 bridgehead atoms. The van der Waals surface area contributed by atoms with E-state index < -0.39 is 0 Å². The Morgan fingerprint density at radius 3 is 2.71 bits per heavy atom. The van der Waals surface area contributed by atoms with Crippen molar-refractivity contribution in [3.05, 3.63) is 22.3 Å². The van der Waals surface area contributed by atoms with Crippen LogP contribution in [0.5, 0.6) is 5.88 Å². The zero-order chi connectivity index (χ0) is 10.6. The molecule has 0 aliphatic heterocycles. The van der Waals surface area contributed by atoms with Gasteiger partial charge in [0, 0.05) is 10.5 Å². The Kier molecular flexibility index (Phi) is 4.39. The Bertz CT molecular complexity index is 299. The van der Waals surface area contributed by atoms with E-state index in [9.17, 15) is 0 Å². The fraction of sp³-hybridized carbons (Fsp3) is 0.545. The summed E-state index contributed by atoms with van der Waals surface area (Å²) >= 11 is 3.49. The molecule has 3 heteroatoms. The van der Waals surface area contributed by atoms with E-state index in [0.29, 0.717) is 11.8 Å². The Morgan fingerprint density at radius 1 is 1.43 bits per heavy atom. The molecule has 0 atom stereocenters. The van der Waals surface area contributed by atoms with Gasteiger partial charge in [0.25, 0.3) is 0 Å². The average Bonchev–Trinajstić information content (AvgIpc) is 2.16. The first-order valence-electron chi connectivity index (χ1n) is 4.83. The summed E-state index contributed by atoms with van der Waals surface area (Å²) in [6, 6.07) is 3.85. The molecular formula is C11H16BrNO. The highest BCUT2D eigenvalue weighted by Crippen LogP contribution is 2.20. The molecule has 0 radical (unpaired) electrons. The highest BCUT2D eigenvalue weighted by Gasteiger charge is 2.04. The number of hydrogen-bond acceptors (Lipinski definition) is 2. The van der Waals surface area contributed by atoms with Crippen molar-refractivity contribution in [3.8, 4) is 5.88 Å². The molecule has 0 fully saturated rings. The Morgan fingerprint density at radius 2 is 2.14 bits per heavy atom. The lowest BCUT2D eigenvalue weighted by Crippen LogP contribution is -1.98. The van der Waals surface area contributed by atoms with E-state index in [0.717, 1.165) is 23.0 Å². The smallest absolute Gasteiger partial charge is 0.213 e. The second-order valence-corrected chi connectivity index (χ2v) is 4.57. The van der Waals surface area contributed by atoms with Gasteiger partial charge in [0.05, 0.1) is 12.8 Å². The summed E-state index contributed by atoms with van der Waals surface area (Å²) in [7, 11) is 1.64. The molecule has 0 spiro atoms.